The molecule has 3 heteroatoms. The molecule has 1 aromatic carbocycles. The highest BCUT2D eigenvalue weighted by atomic mass is 19.1. The van der Waals surface area contributed by atoms with Gasteiger partial charge in [-0.15, -0.1) is 0 Å². The van der Waals surface area contributed by atoms with Gasteiger partial charge in [-0.2, -0.15) is 0 Å². The van der Waals surface area contributed by atoms with E-state index in [4.69, 9.17) is 4.42 Å². The van der Waals surface area contributed by atoms with Gasteiger partial charge < -0.3 is 9.73 Å². The topological polar surface area (TPSA) is 25.2 Å². The molecule has 0 saturated heterocycles. The smallest absolute Gasteiger partial charge is 0.135 e. The van der Waals surface area contributed by atoms with Crippen LogP contribution in [0.15, 0.2) is 34.8 Å². The van der Waals surface area contributed by atoms with E-state index in [1.807, 2.05) is 13.0 Å². The van der Waals surface area contributed by atoms with E-state index in [1.165, 1.54) is 12.1 Å². The van der Waals surface area contributed by atoms with Crippen LogP contribution in [0.4, 0.5) is 4.39 Å². The van der Waals surface area contributed by atoms with Crippen LogP contribution in [0, 0.1) is 5.82 Å². The molecule has 0 atom stereocenters. The number of allylic oxidation sites excluding steroid dienone is 1. The van der Waals surface area contributed by atoms with Gasteiger partial charge in [0, 0.05) is 5.39 Å². The van der Waals surface area contributed by atoms with Crippen molar-refractivity contribution < 1.29 is 8.81 Å². The summed E-state index contributed by atoms with van der Waals surface area (Å²) in [4.78, 5) is 0. The molecule has 102 valence electrons. The van der Waals surface area contributed by atoms with Crippen molar-refractivity contribution in [1.29, 1.82) is 0 Å². The Morgan fingerprint density at radius 3 is 2.95 bits per heavy atom. The maximum atomic E-state index is 13.1. The predicted octanol–water partition coefficient (Wildman–Crippen LogP) is 4.36. The van der Waals surface area contributed by atoms with E-state index in [2.05, 4.69) is 18.3 Å². The fourth-order valence-electron chi connectivity index (χ4n) is 2.00. The molecule has 1 heterocycles. The second kappa shape index (κ2) is 6.53. The molecular weight excluding hydrogens is 241 g/mol. The van der Waals surface area contributed by atoms with Crippen LogP contribution >= 0.6 is 0 Å². The van der Waals surface area contributed by atoms with Gasteiger partial charge in [-0.25, -0.2) is 4.39 Å². The van der Waals surface area contributed by atoms with Gasteiger partial charge in [0.1, 0.15) is 17.2 Å². The molecule has 0 fully saturated rings. The van der Waals surface area contributed by atoms with Crippen LogP contribution in [0.3, 0.4) is 0 Å². The lowest BCUT2D eigenvalue weighted by Gasteiger charge is -2.00. The van der Waals surface area contributed by atoms with Gasteiger partial charge in [-0.05, 0) is 62.7 Å². The zero-order valence-corrected chi connectivity index (χ0v) is 11.5. The van der Waals surface area contributed by atoms with Crippen LogP contribution in [0.5, 0.6) is 0 Å². The monoisotopic (exact) mass is 261 g/mol. The minimum Gasteiger partial charge on any atom is -0.456 e. The van der Waals surface area contributed by atoms with Crippen molar-refractivity contribution in [1.82, 2.24) is 5.32 Å². The van der Waals surface area contributed by atoms with Crippen molar-refractivity contribution in [3.8, 4) is 0 Å². The Kier molecular flexibility index (Phi) is 4.74. The molecule has 2 nitrogen and oxygen atoms in total. The molecule has 2 aromatic rings. The van der Waals surface area contributed by atoms with Crippen molar-refractivity contribution in [2.45, 2.75) is 26.7 Å². The van der Waals surface area contributed by atoms with Crippen LogP contribution in [0.2, 0.25) is 0 Å². The number of rotatable bonds is 6. The molecule has 0 aliphatic rings. The summed E-state index contributed by atoms with van der Waals surface area (Å²) in [6.07, 6.45) is 4.27. The molecule has 0 saturated carbocycles. The average Bonchev–Trinajstić information content (AvgIpc) is 2.81. The van der Waals surface area contributed by atoms with Crippen LogP contribution < -0.4 is 5.32 Å². The largest absolute Gasteiger partial charge is 0.456 e. The Hall–Kier alpha value is -1.61. The van der Waals surface area contributed by atoms with E-state index in [0.29, 0.717) is 0 Å². The number of halogens is 1. The number of hydrogen-bond donors (Lipinski definition) is 1. The Morgan fingerprint density at radius 2 is 2.16 bits per heavy atom. The Labute approximate surface area is 113 Å². The normalized spacial score (nSPS) is 12.3. The highest BCUT2D eigenvalue weighted by Crippen LogP contribution is 2.25. The van der Waals surface area contributed by atoms with Crippen molar-refractivity contribution in [2.75, 3.05) is 13.1 Å². The lowest BCUT2D eigenvalue weighted by Crippen LogP contribution is -2.15. The second-order valence-electron chi connectivity index (χ2n) is 4.72. The molecule has 0 amide bonds. The highest BCUT2D eigenvalue weighted by Gasteiger charge is 2.05. The van der Waals surface area contributed by atoms with Gasteiger partial charge in [-0.1, -0.05) is 13.0 Å². The third-order valence-electron chi connectivity index (χ3n) is 3.07. The van der Waals surface area contributed by atoms with E-state index in [1.54, 1.807) is 6.07 Å². The van der Waals surface area contributed by atoms with Crippen LogP contribution in [0.25, 0.3) is 16.5 Å². The first-order valence-corrected chi connectivity index (χ1v) is 6.77. The quantitative estimate of drug-likeness (QED) is 0.781. The molecule has 1 aromatic heterocycles. The minimum absolute atomic E-state index is 0.231. The van der Waals surface area contributed by atoms with Gasteiger partial charge in [-0.3, -0.25) is 0 Å². The molecular formula is C16H20FNO. The summed E-state index contributed by atoms with van der Waals surface area (Å²) in [7, 11) is 0. The van der Waals surface area contributed by atoms with Crippen LogP contribution in [-0.4, -0.2) is 13.1 Å². The lowest BCUT2D eigenvalue weighted by atomic mass is 10.1. The highest BCUT2D eigenvalue weighted by molar-refractivity contribution is 5.81. The van der Waals surface area contributed by atoms with E-state index in [0.717, 1.165) is 48.2 Å². The number of benzene rings is 1. The van der Waals surface area contributed by atoms with Gasteiger partial charge in [0.2, 0.25) is 0 Å². The minimum atomic E-state index is -0.231. The van der Waals surface area contributed by atoms with Crippen LogP contribution in [-0.2, 0) is 0 Å². The van der Waals surface area contributed by atoms with E-state index >= 15 is 0 Å². The maximum Gasteiger partial charge on any atom is 0.135 e. The summed E-state index contributed by atoms with van der Waals surface area (Å²) in [5, 5.41) is 4.16. The van der Waals surface area contributed by atoms with Gasteiger partial charge in [0.05, 0.1) is 0 Å². The fraction of sp³-hybridized carbons (Fsp3) is 0.375. The van der Waals surface area contributed by atoms with E-state index < -0.39 is 0 Å². The second-order valence-corrected chi connectivity index (χ2v) is 4.72. The lowest BCUT2D eigenvalue weighted by molar-refractivity contribution is 0.595. The SMILES string of the molecule is CCCNCC/C=C(/C)c1cc2cc(F)ccc2o1. The Balaban J connectivity index is 2.04. The average molecular weight is 261 g/mol. The maximum absolute atomic E-state index is 13.1. The third kappa shape index (κ3) is 3.67. The van der Waals surface area contributed by atoms with Crippen molar-refractivity contribution in [2.24, 2.45) is 0 Å². The van der Waals surface area contributed by atoms with Gasteiger partial charge in [0.25, 0.3) is 0 Å². The molecule has 0 aliphatic heterocycles. The summed E-state index contributed by atoms with van der Waals surface area (Å²) in [5.74, 6) is 0.585. The summed E-state index contributed by atoms with van der Waals surface area (Å²) >= 11 is 0. The predicted molar refractivity (Wildman–Crippen MR) is 77.6 cm³/mol. The number of hydrogen-bond acceptors (Lipinski definition) is 2. The molecule has 0 unspecified atom stereocenters. The van der Waals surface area contributed by atoms with E-state index in [-0.39, 0.29) is 5.82 Å². The van der Waals surface area contributed by atoms with Crippen LogP contribution in [0.1, 0.15) is 32.4 Å². The standard InChI is InChI=1S/C16H20FNO/c1-3-8-18-9-4-5-12(2)16-11-13-10-14(17)6-7-15(13)19-16/h5-7,10-11,18H,3-4,8-9H2,1-2H3/b12-5-. The number of fused-ring (bicyclic) bond motifs is 1. The summed E-state index contributed by atoms with van der Waals surface area (Å²) in [5.41, 5.74) is 1.82. The number of furan rings is 1. The molecule has 2 rings (SSSR count). The first-order valence-electron chi connectivity index (χ1n) is 6.77. The van der Waals surface area contributed by atoms with Gasteiger partial charge >= 0.3 is 0 Å². The van der Waals surface area contributed by atoms with E-state index in [9.17, 15) is 4.39 Å². The molecule has 19 heavy (non-hydrogen) atoms. The summed E-state index contributed by atoms with van der Waals surface area (Å²) in [6, 6.07) is 6.48. The third-order valence-corrected chi connectivity index (χ3v) is 3.07. The molecule has 0 radical (unpaired) electrons. The zero-order chi connectivity index (χ0) is 13.7. The zero-order valence-electron chi connectivity index (χ0n) is 11.5. The number of nitrogens with one attached hydrogen (secondary N) is 1. The Bertz CT molecular complexity index is 571. The Morgan fingerprint density at radius 1 is 1.32 bits per heavy atom. The van der Waals surface area contributed by atoms with Crippen molar-refractivity contribution >= 4 is 16.5 Å². The van der Waals surface area contributed by atoms with Crippen molar-refractivity contribution in [3.05, 3.63) is 41.9 Å². The van der Waals surface area contributed by atoms with Crippen molar-refractivity contribution in [3.63, 3.8) is 0 Å². The molecule has 0 spiro atoms. The molecule has 0 aliphatic carbocycles. The fourth-order valence-corrected chi connectivity index (χ4v) is 2.00. The first-order chi connectivity index (χ1) is 9.20. The summed E-state index contributed by atoms with van der Waals surface area (Å²) < 4.78 is 18.8. The molecule has 0 bridgehead atoms. The summed E-state index contributed by atoms with van der Waals surface area (Å²) in [6.45, 7) is 6.20. The first kappa shape index (κ1) is 13.8. The molecule has 1 N–H and O–H groups in total. The van der Waals surface area contributed by atoms with Gasteiger partial charge in [0.15, 0.2) is 0 Å².